The average Bonchev–Trinajstić information content (AvgIpc) is 2.44. The van der Waals surface area contributed by atoms with Crippen molar-refractivity contribution >= 4 is 0 Å². The van der Waals surface area contributed by atoms with E-state index in [1.54, 1.807) is 0 Å². The molecule has 0 spiro atoms. The molecule has 2 nitrogen and oxygen atoms in total. The van der Waals surface area contributed by atoms with E-state index in [0.29, 0.717) is 5.54 Å². The Labute approximate surface area is 74.4 Å². The monoisotopic (exact) mass is 166 g/mol. The molecular weight excluding hydrogens is 148 g/mol. The molecule has 0 radical (unpaired) electrons. The summed E-state index contributed by atoms with van der Waals surface area (Å²) >= 11 is 0. The Morgan fingerprint density at radius 2 is 2.42 bits per heavy atom. The molecular formula is C10H18N2. The molecule has 2 aliphatic heterocycles. The van der Waals surface area contributed by atoms with E-state index in [1.165, 1.54) is 31.4 Å². The molecule has 0 saturated carbocycles. The molecule has 2 heterocycles. The number of nitrogens with zero attached hydrogens (tertiary/aromatic N) is 1. The summed E-state index contributed by atoms with van der Waals surface area (Å²) in [7, 11) is 0. The molecule has 2 heteroatoms. The summed E-state index contributed by atoms with van der Waals surface area (Å²) in [5.74, 6) is 0. The number of fused-ring (bicyclic) bond motifs is 1. The van der Waals surface area contributed by atoms with Gasteiger partial charge in [-0.05, 0) is 38.8 Å². The van der Waals surface area contributed by atoms with Gasteiger partial charge in [-0.15, -0.1) is 0 Å². The van der Waals surface area contributed by atoms with Crippen LogP contribution in [0.3, 0.4) is 0 Å². The molecule has 0 aromatic carbocycles. The normalized spacial score (nSPS) is 35.9. The standard InChI is InChI=1S/C10H18N2/c1-9-7-10(4-5-11)3-2-6-12(10)8-9/h1-8,11H2. The van der Waals surface area contributed by atoms with E-state index in [0.717, 1.165) is 19.5 Å². The summed E-state index contributed by atoms with van der Waals surface area (Å²) in [5, 5.41) is 0. The van der Waals surface area contributed by atoms with Gasteiger partial charge >= 0.3 is 0 Å². The fourth-order valence-electron chi connectivity index (χ4n) is 2.87. The molecule has 2 aliphatic rings. The predicted molar refractivity (Wildman–Crippen MR) is 51.0 cm³/mol. The molecule has 2 fully saturated rings. The van der Waals surface area contributed by atoms with Crippen LogP contribution in [0.15, 0.2) is 12.2 Å². The van der Waals surface area contributed by atoms with Crippen molar-refractivity contribution in [2.75, 3.05) is 19.6 Å². The van der Waals surface area contributed by atoms with Crippen LogP contribution >= 0.6 is 0 Å². The van der Waals surface area contributed by atoms with E-state index < -0.39 is 0 Å². The van der Waals surface area contributed by atoms with Crippen molar-refractivity contribution in [3.8, 4) is 0 Å². The highest BCUT2D eigenvalue weighted by atomic mass is 15.2. The van der Waals surface area contributed by atoms with Crippen molar-refractivity contribution in [1.29, 1.82) is 0 Å². The summed E-state index contributed by atoms with van der Waals surface area (Å²) < 4.78 is 0. The number of hydrogen-bond acceptors (Lipinski definition) is 2. The van der Waals surface area contributed by atoms with Crippen LogP contribution in [-0.4, -0.2) is 30.1 Å². The van der Waals surface area contributed by atoms with Crippen LogP contribution in [-0.2, 0) is 0 Å². The Hall–Kier alpha value is -0.340. The second kappa shape index (κ2) is 2.86. The zero-order chi connectivity index (χ0) is 8.60. The van der Waals surface area contributed by atoms with Gasteiger partial charge in [0.1, 0.15) is 0 Å². The van der Waals surface area contributed by atoms with E-state index >= 15 is 0 Å². The molecule has 0 aromatic rings. The summed E-state index contributed by atoms with van der Waals surface area (Å²) in [6.45, 7) is 7.29. The summed E-state index contributed by atoms with van der Waals surface area (Å²) in [6, 6.07) is 0. The van der Waals surface area contributed by atoms with Crippen molar-refractivity contribution in [2.45, 2.75) is 31.2 Å². The highest BCUT2D eigenvalue weighted by Gasteiger charge is 2.44. The molecule has 0 aliphatic carbocycles. The van der Waals surface area contributed by atoms with Gasteiger partial charge in [0.15, 0.2) is 0 Å². The molecule has 12 heavy (non-hydrogen) atoms. The zero-order valence-electron chi connectivity index (χ0n) is 7.68. The van der Waals surface area contributed by atoms with Gasteiger partial charge in [0.05, 0.1) is 0 Å². The molecule has 0 amide bonds. The summed E-state index contributed by atoms with van der Waals surface area (Å²) in [6.07, 6.45) is 5.05. The Morgan fingerprint density at radius 1 is 1.58 bits per heavy atom. The lowest BCUT2D eigenvalue weighted by Gasteiger charge is -2.31. The lowest BCUT2D eigenvalue weighted by molar-refractivity contribution is 0.185. The van der Waals surface area contributed by atoms with Crippen molar-refractivity contribution in [2.24, 2.45) is 5.73 Å². The topological polar surface area (TPSA) is 29.3 Å². The van der Waals surface area contributed by atoms with Gasteiger partial charge < -0.3 is 5.73 Å². The maximum absolute atomic E-state index is 5.65. The highest BCUT2D eigenvalue weighted by molar-refractivity contribution is 5.17. The second-order valence-corrected chi connectivity index (χ2v) is 4.21. The second-order valence-electron chi connectivity index (χ2n) is 4.21. The largest absolute Gasteiger partial charge is 0.330 e. The van der Waals surface area contributed by atoms with Crippen molar-refractivity contribution < 1.29 is 0 Å². The SMILES string of the molecule is C=C1CN2CCCC2(CCN)C1. The van der Waals surface area contributed by atoms with E-state index in [4.69, 9.17) is 5.73 Å². The van der Waals surface area contributed by atoms with Crippen molar-refractivity contribution in [3.63, 3.8) is 0 Å². The number of nitrogens with two attached hydrogens (primary N) is 1. The Balaban J connectivity index is 2.14. The average molecular weight is 166 g/mol. The quantitative estimate of drug-likeness (QED) is 0.623. The van der Waals surface area contributed by atoms with Gasteiger partial charge in [-0.3, -0.25) is 4.90 Å². The first-order valence-corrected chi connectivity index (χ1v) is 4.89. The number of hydrogen-bond donors (Lipinski definition) is 1. The van der Waals surface area contributed by atoms with E-state index in [2.05, 4.69) is 11.5 Å². The lowest BCUT2D eigenvalue weighted by atomic mass is 9.89. The summed E-state index contributed by atoms with van der Waals surface area (Å²) in [5.41, 5.74) is 7.49. The third kappa shape index (κ3) is 1.10. The van der Waals surface area contributed by atoms with Crippen LogP contribution in [0.25, 0.3) is 0 Å². The molecule has 1 unspecified atom stereocenters. The zero-order valence-corrected chi connectivity index (χ0v) is 7.68. The smallest absolute Gasteiger partial charge is 0.0262 e. The van der Waals surface area contributed by atoms with Gasteiger partial charge in [-0.25, -0.2) is 0 Å². The molecule has 68 valence electrons. The first kappa shape index (κ1) is 8.27. The maximum atomic E-state index is 5.65. The number of rotatable bonds is 2. The van der Waals surface area contributed by atoms with E-state index in [1.807, 2.05) is 0 Å². The first-order chi connectivity index (χ1) is 5.77. The van der Waals surface area contributed by atoms with E-state index in [-0.39, 0.29) is 0 Å². The third-order valence-electron chi connectivity index (χ3n) is 3.34. The van der Waals surface area contributed by atoms with Crippen LogP contribution in [0.5, 0.6) is 0 Å². The minimum atomic E-state index is 0.436. The third-order valence-corrected chi connectivity index (χ3v) is 3.34. The fraction of sp³-hybridized carbons (Fsp3) is 0.800. The molecule has 1 atom stereocenters. The minimum absolute atomic E-state index is 0.436. The first-order valence-electron chi connectivity index (χ1n) is 4.89. The van der Waals surface area contributed by atoms with Crippen LogP contribution in [0.4, 0.5) is 0 Å². The molecule has 0 bridgehead atoms. The van der Waals surface area contributed by atoms with E-state index in [9.17, 15) is 0 Å². The van der Waals surface area contributed by atoms with Gasteiger partial charge in [0.25, 0.3) is 0 Å². The minimum Gasteiger partial charge on any atom is -0.330 e. The Kier molecular flexibility index (Phi) is 1.97. The van der Waals surface area contributed by atoms with Gasteiger partial charge in [-0.2, -0.15) is 0 Å². The fourth-order valence-corrected chi connectivity index (χ4v) is 2.87. The molecule has 2 saturated heterocycles. The van der Waals surface area contributed by atoms with Crippen molar-refractivity contribution in [1.82, 2.24) is 4.90 Å². The van der Waals surface area contributed by atoms with Gasteiger partial charge in [0, 0.05) is 12.1 Å². The highest BCUT2D eigenvalue weighted by Crippen LogP contribution is 2.42. The van der Waals surface area contributed by atoms with Crippen LogP contribution in [0, 0.1) is 0 Å². The predicted octanol–water partition coefficient (Wildman–Crippen LogP) is 1.13. The Bertz CT molecular complexity index is 200. The van der Waals surface area contributed by atoms with Crippen LogP contribution in [0.2, 0.25) is 0 Å². The molecule has 2 N–H and O–H groups in total. The van der Waals surface area contributed by atoms with Crippen LogP contribution < -0.4 is 5.73 Å². The van der Waals surface area contributed by atoms with Crippen molar-refractivity contribution in [3.05, 3.63) is 12.2 Å². The molecule has 0 aromatic heterocycles. The lowest BCUT2D eigenvalue weighted by Crippen LogP contribution is -2.39. The summed E-state index contributed by atoms with van der Waals surface area (Å²) in [4.78, 5) is 2.59. The van der Waals surface area contributed by atoms with Gasteiger partial charge in [-0.1, -0.05) is 12.2 Å². The maximum Gasteiger partial charge on any atom is 0.0262 e. The van der Waals surface area contributed by atoms with Gasteiger partial charge in [0.2, 0.25) is 0 Å². The molecule has 2 rings (SSSR count). The Morgan fingerprint density at radius 3 is 3.17 bits per heavy atom. The van der Waals surface area contributed by atoms with Crippen LogP contribution in [0.1, 0.15) is 25.7 Å².